The molecule has 3 aromatic rings. The van der Waals surface area contributed by atoms with Gasteiger partial charge in [-0.3, -0.25) is 4.79 Å². The predicted octanol–water partition coefficient (Wildman–Crippen LogP) is 4.30. The van der Waals surface area contributed by atoms with Gasteiger partial charge in [-0.05, 0) is 49.4 Å². The number of rotatable bonds is 6. The third-order valence-corrected chi connectivity index (χ3v) is 3.95. The molecule has 0 bridgehead atoms. The predicted molar refractivity (Wildman–Crippen MR) is 115 cm³/mol. The molecule has 1 amide bonds. The zero-order valence-corrected chi connectivity index (χ0v) is 16.4. The zero-order chi connectivity index (χ0) is 20.1. The smallest absolute Gasteiger partial charge is 0.229 e. The number of hydrogen-bond acceptors (Lipinski definition) is 6. The molecule has 0 atom stereocenters. The standard InChI is InChI=1S/C21H24N6O/c1-14-12-20(24-16-8-10-19(11-9-16)27(3)4)26-21(22-14)25-18-7-5-6-17(13-18)23-15(2)28/h5-13H,1-4H3,(H,23,28)(H2,22,24,25,26). The molecule has 0 aliphatic carbocycles. The topological polar surface area (TPSA) is 82.2 Å². The third-order valence-electron chi connectivity index (χ3n) is 3.95. The van der Waals surface area contributed by atoms with E-state index in [0.29, 0.717) is 17.5 Å². The van der Waals surface area contributed by atoms with E-state index in [-0.39, 0.29) is 5.91 Å². The molecule has 2 aromatic carbocycles. The first-order valence-electron chi connectivity index (χ1n) is 8.94. The first-order chi connectivity index (χ1) is 13.4. The monoisotopic (exact) mass is 376 g/mol. The number of aryl methyl sites for hydroxylation is 1. The average molecular weight is 376 g/mol. The summed E-state index contributed by atoms with van der Waals surface area (Å²) in [6.07, 6.45) is 0. The number of nitrogens with zero attached hydrogens (tertiary/aromatic N) is 3. The van der Waals surface area contributed by atoms with Crippen molar-refractivity contribution in [2.24, 2.45) is 0 Å². The third kappa shape index (κ3) is 5.20. The molecule has 1 aromatic heterocycles. The maximum atomic E-state index is 11.2. The molecule has 7 nitrogen and oxygen atoms in total. The Labute approximate surface area is 164 Å². The lowest BCUT2D eigenvalue weighted by Crippen LogP contribution is -2.08. The van der Waals surface area contributed by atoms with E-state index in [1.54, 1.807) is 0 Å². The summed E-state index contributed by atoms with van der Waals surface area (Å²) in [5.74, 6) is 1.06. The van der Waals surface area contributed by atoms with Crippen LogP contribution in [-0.2, 0) is 4.79 Å². The van der Waals surface area contributed by atoms with Crippen molar-refractivity contribution >= 4 is 40.4 Å². The summed E-state index contributed by atoms with van der Waals surface area (Å²) in [4.78, 5) is 22.3. The molecule has 0 aliphatic heterocycles. The van der Waals surface area contributed by atoms with Crippen LogP contribution in [0.2, 0.25) is 0 Å². The van der Waals surface area contributed by atoms with E-state index in [0.717, 1.165) is 22.8 Å². The average Bonchev–Trinajstić information content (AvgIpc) is 2.61. The minimum atomic E-state index is -0.115. The van der Waals surface area contributed by atoms with Crippen LogP contribution in [0.3, 0.4) is 0 Å². The SMILES string of the molecule is CC(=O)Nc1cccc(Nc2nc(C)cc(Nc3ccc(N(C)C)cc3)n2)c1. The molecule has 0 unspecified atom stereocenters. The van der Waals surface area contributed by atoms with Crippen LogP contribution in [0.5, 0.6) is 0 Å². The first-order valence-corrected chi connectivity index (χ1v) is 8.94. The Bertz CT molecular complexity index is 969. The number of anilines is 6. The summed E-state index contributed by atoms with van der Waals surface area (Å²) in [6, 6.07) is 17.4. The maximum absolute atomic E-state index is 11.2. The van der Waals surface area contributed by atoms with Crippen molar-refractivity contribution in [3.63, 3.8) is 0 Å². The molecule has 28 heavy (non-hydrogen) atoms. The number of amides is 1. The molecular formula is C21H24N6O. The Hall–Kier alpha value is -3.61. The second kappa shape index (κ2) is 8.39. The number of carbonyl (C=O) groups is 1. The quantitative estimate of drug-likeness (QED) is 0.595. The molecule has 3 N–H and O–H groups in total. The maximum Gasteiger partial charge on any atom is 0.229 e. The minimum absolute atomic E-state index is 0.115. The summed E-state index contributed by atoms with van der Waals surface area (Å²) in [7, 11) is 4.02. The van der Waals surface area contributed by atoms with Crippen molar-refractivity contribution < 1.29 is 4.79 Å². The van der Waals surface area contributed by atoms with E-state index in [1.807, 2.05) is 75.6 Å². The molecule has 1 heterocycles. The van der Waals surface area contributed by atoms with Crippen molar-refractivity contribution in [1.29, 1.82) is 0 Å². The zero-order valence-electron chi connectivity index (χ0n) is 16.4. The van der Waals surface area contributed by atoms with Gasteiger partial charge in [0.05, 0.1) is 0 Å². The van der Waals surface area contributed by atoms with Gasteiger partial charge in [-0.15, -0.1) is 0 Å². The Kier molecular flexibility index (Phi) is 5.74. The fourth-order valence-electron chi connectivity index (χ4n) is 2.69. The fraction of sp³-hybridized carbons (Fsp3) is 0.190. The van der Waals surface area contributed by atoms with Gasteiger partial charge in [-0.25, -0.2) is 4.98 Å². The highest BCUT2D eigenvalue weighted by Gasteiger charge is 2.05. The molecule has 144 valence electrons. The van der Waals surface area contributed by atoms with E-state index in [9.17, 15) is 4.79 Å². The molecule has 0 radical (unpaired) electrons. The summed E-state index contributed by atoms with van der Waals surface area (Å²) < 4.78 is 0. The van der Waals surface area contributed by atoms with Crippen molar-refractivity contribution in [1.82, 2.24) is 9.97 Å². The fourth-order valence-corrected chi connectivity index (χ4v) is 2.69. The van der Waals surface area contributed by atoms with Gasteiger partial charge >= 0.3 is 0 Å². The summed E-state index contributed by atoms with van der Waals surface area (Å²) in [5.41, 5.74) is 4.42. The van der Waals surface area contributed by atoms with E-state index >= 15 is 0 Å². The second-order valence-electron chi connectivity index (χ2n) is 6.67. The van der Waals surface area contributed by atoms with Crippen LogP contribution < -0.4 is 20.9 Å². The van der Waals surface area contributed by atoms with Gasteiger partial charge in [0.2, 0.25) is 11.9 Å². The molecule has 3 rings (SSSR count). The van der Waals surface area contributed by atoms with Crippen LogP contribution in [0.25, 0.3) is 0 Å². The van der Waals surface area contributed by atoms with Gasteiger partial charge in [0.25, 0.3) is 0 Å². The van der Waals surface area contributed by atoms with Gasteiger partial charge in [0, 0.05) is 55.5 Å². The Balaban J connectivity index is 1.77. The molecule has 0 saturated carbocycles. The van der Waals surface area contributed by atoms with Crippen LogP contribution >= 0.6 is 0 Å². The normalized spacial score (nSPS) is 10.3. The number of benzene rings is 2. The lowest BCUT2D eigenvalue weighted by atomic mass is 10.2. The van der Waals surface area contributed by atoms with E-state index < -0.39 is 0 Å². The van der Waals surface area contributed by atoms with E-state index in [1.165, 1.54) is 6.92 Å². The lowest BCUT2D eigenvalue weighted by molar-refractivity contribution is -0.114. The molecular weight excluding hydrogens is 352 g/mol. The Morgan fingerprint density at radius 3 is 2.29 bits per heavy atom. The van der Waals surface area contributed by atoms with Crippen molar-refractivity contribution in [3.05, 3.63) is 60.3 Å². The number of nitrogens with one attached hydrogen (secondary N) is 3. The van der Waals surface area contributed by atoms with E-state index in [4.69, 9.17) is 0 Å². The largest absolute Gasteiger partial charge is 0.378 e. The lowest BCUT2D eigenvalue weighted by Gasteiger charge is -2.14. The van der Waals surface area contributed by atoms with Gasteiger partial charge in [0.1, 0.15) is 5.82 Å². The number of hydrogen-bond donors (Lipinski definition) is 3. The summed E-state index contributed by atoms with van der Waals surface area (Å²) in [5, 5.41) is 9.26. The van der Waals surface area contributed by atoms with Gasteiger partial charge in [-0.2, -0.15) is 4.98 Å². The van der Waals surface area contributed by atoms with Gasteiger partial charge < -0.3 is 20.9 Å². The second-order valence-corrected chi connectivity index (χ2v) is 6.67. The molecule has 0 saturated heterocycles. The van der Waals surface area contributed by atoms with Crippen LogP contribution in [0.4, 0.5) is 34.5 Å². The van der Waals surface area contributed by atoms with Crippen molar-refractivity contribution in [2.75, 3.05) is 34.9 Å². The molecule has 0 spiro atoms. The highest BCUT2D eigenvalue weighted by atomic mass is 16.1. The van der Waals surface area contributed by atoms with Crippen molar-refractivity contribution in [3.8, 4) is 0 Å². The Morgan fingerprint density at radius 2 is 1.61 bits per heavy atom. The number of carbonyl (C=O) groups excluding carboxylic acids is 1. The van der Waals surface area contributed by atoms with Crippen LogP contribution in [0.1, 0.15) is 12.6 Å². The van der Waals surface area contributed by atoms with Gasteiger partial charge in [-0.1, -0.05) is 6.07 Å². The molecule has 0 fully saturated rings. The Morgan fingerprint density at radius 1 is 0.893 bits per heavy atom. The van der Waals surface area contributed by atoms with E-state index in [2.05, 4.69) is 30.8 Å². The number of aromatic nitrogens is 2. The summed E-state index contributed by atoms with van der Waals surface area (Å²) >= 11 is 0. The van der Waals surface area contributed by atoms with Crippen LogP contribution in [-0.4, -0.2) is 30.0 Å². The minimum Gasteiger partial charge on any atom is -0.378 e. The van der Waals surface area contributed by atoms with Crippen LogP contribution in [0.15, 0.2) is 54.6 Å². The van der Waals surface area contributed by atoms with Crippen LogP contribution in [0, 0.1) is 6.92 Å². The highest BCUT2D eigenvalue weighted by Crippen LogP contribution is 2.22. The first kappa shape index (κ1) is 19.2. The summed E-state index contributed by atoms with van der Waals surface area (Å²) in [6.45, 7) is 3.40. The highest BCUT2D eigenvalue weighted by molar-refractivity contribution is 5.89. The van der Waals surface area contributed by atoms with Crippen molar-refractivity contribution in [2.45, 2.75) is 13.8 Å². The molecule has 0 aliphatic rings. The molecule has 7 heteroatoms. The van der Waals surface area contributed by atoms with Gasteiger partial charge in [0.15, 0.2) is 0 Å².